The van der Waals surface area contributed by atoms with Crippen molar-refractivity contribution in [2.75, 3.05) is 0 Å². The van der Waals surface area contributed by atoms with Crippen LogP contribution in [0.25, 0.3) is 32.3 Å². The van der Waals surface area contributed by atoms with E-state index >= 15 is 0 Å². The molecule has 0 unspecified atom stereocenters. The summed E-state index contributed by atoms with van der Waals surface area (Å²) in [6, 6.07) is 17.6. The van der Waals surface area contributed by atoms with Crippen LogP contribution in [0.4, 0.5) is 22.7 Å². The van der Waals surface area contributed by atoms with Crippen molar-refractivity contribution in [1.29, 1.82) is 0 Å². The Hall–Kier alpha value is -1.26. The fraction of sp³-hybridized carbons (Fsp3) is 0. The Morgan fingerprint density at radius 3 is 1.31 bits per heavy atom. The molecule has 0 aliphatic heterocycles. The normalized spacial score (nSPS) is 12.3. The average Bonchev–Trinajstić information content (AvgIpc) is 3.04. The minimum absolute atomic E-state index is 0. The molecule has 6 rings (SSSR count). The van der Waals surface area contributed by atoms with Gasteiger partial charge in [-0.05, 0) is 65.4 Å². The van der Waals surface area contributed by atoms with Gasteiger partial charge in [0.2, 0.25) is 0 Å². The number of phenolic OH excluding ortho intramolecular Hbond substituents is 1. The number of aromatic hydroxyl groups is 1. The van der Waals surface area contributed by atoms with E-state index in [0.717, 1.165) is 42.5 Å². The van der Waals surface area contributed by atoms with Gasteiger partial charge < -0.3 is 23.3 Å². The van der Waals surface area contributed by atoms with Crippen LogP contribution in [0.2, 0.25) is 0 Å². The first-order valence-corrected chi connectivity index (χ1v) is 19.4. The van der Waals surface area contributed by atoms with Gasteiger partial charge in [-0.15, -0.1) is 20.5 Å². The molecule has 0 saturated heterocycles. The largest absolute Gasteiger partial charge is 1.00 e. The van der Waals surface area contributed by atoms with Crippen LogP contribution in [-0.4, -0.2) is 57.0 Å². The smallest absolute Gasteiger partial charge is 0.744 e. The third-order valence-electron chi connectivity index (χ3n) is 7.43. The van der Waals surface area contributed by atoms with Crippen molar-refractivity contribution < 1.29 is 175 Å². The third kappa shape index (κ3) is 11.1. The number of phenols is 1. The van der Waals surface area contributed by atoms with Gasteiger partial charge in [0.25, 0.3) is 0 Å². The van der Waals surface area contributed by atoms with Crippen LogP contribution in [0, 0.1) is 0 Å². The van der Waals surface area contributed by atoms with E-state index in [1.165, 1.54) is 18.2 Å². The Morgan fingerprint density at radius 2 is 0.836 bits per heavy atom. The molecule has 0 heterocycles. The van der Waals surface area contributed by atoms with Crippen LogP contribution in [0.1, 0.15) is 0 Å². The number of hydrogen-bond donors (Lipinski definition) is 1. The van der Waals surface area contributed by atoms with Crippen molar-refractivity contribution >= 4 is 95.5 Å². The molecule has 0 aliphatic carbocycles. The summed E-state index contributed by atoms with van der Waals surface area (Å²) in [5.41, 5.74) is -0.404. The van der Waals surface area contributed by atoms with Crippen molar-refractivity contribution in [1.82, 2.24) is 0 Å². The summed E-state index contributed by atoms with van der Waals surface area (Å²) in [6.45, 7) is 0. The quantitative estimate of drug-likeness (QED) is 0.0847. The molecule has 0 spiro atoms. The van der Waals surface area contributed by atoms with Gasteiger partial charge in [0.1, 0.15) is 46.2 Å². The first kappa shape index (κ1) is 49.9. The van der Waals surface area contributed by atoms with E-state index in [2.05, 4.69) is 20.5 Å². The molecular formula is C30H16N4Na4O13S4. The van der Waals surface area contributed by atoms with Gasteiger partial charge >= 0.3 is 118 Å². The van der Waals surface area contributed by atoms with Crippen LogP contribution < -0.4 is 118 Å². The zero-order chi connectivity index (χ0) is 37.1. The summed E-state index contributed by atoms with van der Waals surface area (Å²) in [5, 5.41) is 27.6. The molecule has 6 aromatic carbocycles. The van der Waals surface area contributed by atoms with Crippen molar-refractivity contribution in [3.05, 3.63) is 91.0 Å². The maximum atomic E-state index is 11.9. The van der Waals surface area contributed by atoms with Gasteiger partial charge in [0.05, 0.1) is 36.6 Å². The SMILES string of the molecule is O=S(=O)([O-])c1ccc2c(N=Nc3ccc(N=Nc4c(O)c(S(=O)(=O)[O-])cc5cc(S(=O)(=O)[O-])ccc45)c4ccccc34)cc(S(=O)(=O)[O-])cc2c1.[Na+].[Na+].[Na+].[Na+]. The van der Waals surface area contributed by atoms with Crippen LogP contribution in [0.15, 0.2) is 131 Å². The first-order valence-electron chi connectivity index (χ1n) is 13.8. The van der Waals surface area contributed by atoms with E-state index in [0.29, 0.717) is 16.8 Å². The zero-order valence-corrected chi connectivity index (χ0v) is 40.2. The summed E-state index contributed by atoms with van der Waals surface area (Å²) in [4.78, 5) is -3.31. The number of hydrogen-bond acceptors (Lipinski definition) is 17. The molecule has 1 N–H and O–H groups in total. The van der Waals surface area contributed by atoms with E-state index < -0.39 is 71.5 Å². The molecule has 262 valence electrons. The minimum atomic E-state index is -5.33. The molecular weight excluding hydrogens is 845 g/mol. The van der Waals surface area contributed by atoms with Crippen molar-refractivity contribution in [2.24, 2.45) is 20.5 Å². The third-order valence-corrected chi connectivity index (χ3v) is 10.8. The van der Waals surface area contributed by atoms with E-state index in [4.69, 9.17) is 0 Å². The van der Waals surface area contributed by atoms with E-state index in [1.807, 2.05) is 0 Å². The zero-order valence-electron chi connectivity index (χ0n) is 28.9. The van der Waals surface area contributed by atoms with Gasteiger partial charge in [0.15, 0.2) is 5.75 Å². The summed E-state index contributed by atoms with van der Waals surface area (Å²) in [5.74, 6) is -1.08. The van der Waals surface area contributed by atoms with Crippen molar-refractivity contribution in [3.8, 4) is 5.75 Å². The molecule has 0 atom stereocenters. The fourth-order valence-corrected chi connectivity index (χ4v) is 7.26. The van der Waals surface area contributed by atoms with Gasteiger partial charge in [0, 0.05) is 21.5 Å². The number of rotatable bonds is 8. The molecule has 0 fully saturated rings. The maximum Gasteiger partial charge on any atom is 1.00 e. The standard InChI is InChI=1S/C30H20N4O13S4.4Na/c35-30-28(51(45,46)47)14-17-12-19(49(39,40)41)6-8-22(17)29(30)34-32-26-10-9-25(23-3-1-2-4-24(23)26)31-33-27-15-20(50(42,43)44)13-16-11-18(48(36,37)38)5-7-21(16)27;;;;/h1-15,35H,(H,36,37,38)(H,39,40,41)(H,42,43,44)(H,45,46,47);;;;/q;4*+1/p-4. The Balaban J connectivity index is 0.00000261. The Bertz CT molecular complexity index is 3000. The van der Waals surface area contributed by atoms with Crippen LogP contribution in [0.5, 0.6) is 5.75 Å². The second-order valence-corrected chi connectivity index (χ2v) is 16.1. The Labute approximate surface area is 401 Å². The molecule has 0 saturated carbocycles. The topological polar surface area (TPSA) is 298 Å². The maximum absolute atomic E-state index is 11.9. The van der Waals surface area contributed by atoms with E-state index in [-0.39, 0.29) is 157 Å². The Kier molecular flexibility index (Phi) is 17.0. The molecule has 6 aromatic rings. The fourth-order valence-electron chi connectivity index (χ4n) is 5.11. The van der Waals surface area contributed by atoms with Gasteiger partial charge in [-0.3, -0.25) is 0 Å². The Morgan fingerprint density at radius 1 is 0.418 bits per heavy atom. The molecule has 0 bridgehead atoms. The van der Waals surface area contributed by atoms with E-state index in [1.54, 1.807) is 24.3 Å². The average molecular weight is 861 g/mol. The molecule has 0 radical (unpaired) electrons. The summed E-state index contributed by atoms with van der Waals surface area (Å²) in [6.07, 6.45) is 0. The number of fused-ring (bicyclic) bond motifs is 3. The minimum Gasteiger partial charge on any atom is -0.744 e. The molecule has 55 heavy (non-hydrogen) atoms. The van der Waals surface area contributed by atoms with Crippen LogP contribution >= 0.6 is 0 Å². The van der Waals surface area contributed by atoms with Crippen LogP contribution in [0.3, 0.4) is 0 Å². The monoisotopic (exact) mass is 860 g/mol. The number of nitrogens with zero attached hydrogens (tertiary/aromatic N) is 4. The molecule has 0 aromatic heterocycles. The van der Waals surface area contributed by atoms with Gasteiger partial charge in [-0.25, -0.2) is 33.7 Å². The summed E-state index contributed by atoms with van der Waals surface area (Å²) in [7, 11) is -20.3. The van der Waals surface area contributed by atoms with Crippen molar-refractivity contribution in [3.63, 3.8) is 0 Å². The molecule has 0 amide bonds. The first-order chi connectivity index (χ1) is 23.7. The number of azo groups is 2. The number of benzene rings is 6. The molecule has 0 aliphatic rings. The molecule has 17 nitrogen and oxygen atoms in total. The predicted molar refractivity (Wildman–Crippen MR) is 174 cm³/mol. The second kappa shape index (κ2) is 18.8. The van der Waals surface area contributed by atoms with Gasteiger partial charge in [-0.2, -0.15) is 0 Å². The predicted octanol–water partition coefficient (Wildman–Crippen LogP) is -6.68. The van der Waals surface area contributed by atoms with E-state index in [9.17, 15) is 57.0 Å². The van der Waals surface area contributed by atoms with Crippen molar-refractivity contribution in [2.45, 2.75) is 19.6 Å². The van der Waals surface area contributed by atoms with Gasteiger partial charge in [-0.1, -0.05) is 36.4 Å². The molecule has 25 heteroatoms. The van der Waals surface area contributed by atoms with Crippen LogP contribution in [-0.2, 0) is 40.5 Å². The second-order valence-electron chi connectivity index (χ2n) is 10.6. The summed E-state index contributed by atoms with van der Waals surface area (Å²) < 4.78 is 141. The summed E-state index contributed by atoms with van der Waals surface area (Å²) >= 11 is 0.